The number of H-pyrrole nitrogens is 1. The molecular formula is C15H18FN. The second kappa shape index (κ2) is 4.52. The van der Waals surface area contributed by atoms with E-state index >= 15 is 0 Å². The second-order valence-corrected chi connectivity index (χ2v) is 5.19. The van der Waals surface area contributed by atoms with Gasteiger partial charge in [-0.15, -0.1) is 0 Å². The van der Waals surface area contributed by atoms with Crippen LogP contribution in [-0.2, 0) is 6.42 Å². The van der Waals surface area contributed by atoms with Crippen LogP contribution in [0.4, 0.5) is 4.39 Å². The molecule has 90 valence electrons. The van der Waals surface area contributed by atoms with E-state index in [1.165, 1.54) is 43.7 Å². The fourth-order valence-electron chi connectivity index (χ4n) is 3.02. The van der Waals surface area contributed by atoms with Gasteiger partial charge in [0.15, 0.2) is 0 Å². The first kappa shape index (κ1) is 10.8. The number of aromatic nitrogens is 1. The molecule has 0 radical (unpaired) electrons. The maximum atomic E-state index is 13.2. The minimum absolute atomic E-state index is 0.140. The molecule has 2 aromatic rings. The number of benzene rings is 1. The van der Waals surface area contributed by atoms with Crippen LogP contribution in [0.15, 0.2) is 24.4 Å². The van der Waals surface area contributed by atoms with Crippen LogP contribution in [0.25, 0.3) is 10.9 Å². The normalized spacial score (nSPS) is 17.0. The number of aryl methyl sites for hydroxylation is 1. The third kappa shape index (κ3) is 2.21. The van der Waals surface area contributed by atoms with Gasteiger partial charge in [-0.25, -0.2) is 4.39 Å². The van der Waals surface area contributed by atoms with Gasteiger partial charge in [-0.2, -0.15) is 0 Å². The third-order valence-corrected chi connectivity index (χ3v) is 4.03. The van der Waals surface area contributed by atoms with Crippen molar-refractivity contribution in [3.63, 3.8) is 0 Å². The molecular weight excluding hydrogens is 213 g/mol. The summed E-state index contributed by atoms with van der Waals surface area (Å²) in [6.45, 7) is 0. The highest BCUT2D eigenvalue weighted by atomic mass is 19.1. The SMILES string of the molecule is Fc1ccc2[nH]cc(CCC3CCCC3)c2c1. The third-order valence-electron chi connectivity index (χ3n) is 4.03. The average molecular weight is 231 g/mol. The van der Waals surface area contributed by atoms with Crippen LogP contribution in [0.5, 0.6) is 0 Å². The summed E-state index contributed by atoms with van der Waals surface area (Å²) in [6, 6.07) is 4.99. The molecule has 1 aliphatic rings. The van der Waals surface area contributed by atoms with Crippen LogP contribution in [0.2, 0.25) is 0 Å². The Kier molecular flexibility index (Phi) is 2.87. The van der Waals surface area contributed by atoms with Crippen molar-refractivity contribution >= 4 is 10.9 Å². The van der Waals surface area contributed by atoms with Crippen molar-refractivity contribution in [3.8, 4) is 0 Å². The molecule has 1 nitrogen and oxygen atoms in total. The number of nitrogens with one attached hydrogen (secondary N) is 1. The highest BCUT2D eigenvalue weighted by Gasteiger charge is 2.15. The summed E-state index contributed by atoms with van der Waals surface area (Å²) in [5, 5.41) is 1.06. The molecule has 0 bridgehead atoms. The number of aromatic amines is 1. The first-order valence-corrected chi connectivity index (χ1v) is 6.58. The summed E-state index contributed by atoms with van der Waals surface area (Å²) in [7, 11) is 0. The molecule has 0 aliphatic heterocycles. The van der Waals surface area contributed by atoms with E-state index in [9.17, 15) is 4.39 Å². The summed E-state index contributed by atoms with van der Waals surface area (Å²) in [6.07, 6.45) is 9.93. The molecule has 1 fully saturated rings. The number of rotatable bonds is 3. The monoisotopic (exact) mass is 231 g/mol. The second-order valence-electron chi connectivity index (χ2n) is 5.19. The van der Waals surface area contributed by atoms with Crippen LogP contribution in [0.1, 0.15) is 37.7 Å². The van der Waals surface area contributed by atoms with Crippen molar-refractivity contribution in [3.05, 3.63) is 35.8 Å². The summed E-state index contributed by atoms with van der Waals surface area (Å²) >= 11 is 0. The average Bonchev–Trinajstić information content (AvgIpc) is 2.94. The van der Waals surface area contributed by atoms with Crippen molar-refractivity contribution in [2.24, 2.45) is 5.92 Å². The lowest BCUT2D eigenvalue weighted by Gasteiger charge is -2.07. The van der Waals surface area contributed by atoms with Gasteiger partial charge in [-0.1, -0.05) is 25.7 Å². The molecule has 1 N–H and O–H groups in total. The van der Waals surface area contributed by atoms with Gasteiger partial charge in [0.05, 0.1) is 0 Å². The Hall–Kier alpha value is -1.31. The maximum absolute atomic E-state index is 13.2. The quantitative estimate of drug-likeness (QED) is 0.804. The van der Waals surface area contributed by atoms with E-state index in [4.69, 9.17) is 0 Å². The fraction of sp³-hybridized carbons (Fsp3) is 0.467. The Labute approximate surface area is 101 Å². The Bertz CT molecular complexity index is 509. The maximum Gasteiger partial charge on any atom is 0.123 e. The molecule has 0 spiro atoms. The topological polar surface area (TPSA) is 15.8 Å². The Balaban J connectivity index is 1.77. The molecule has 1 heterocycles. The van der Waals surface area contributed by atoms with Crippen LogP contribution < -0.4 is 0 Å². The smallest absolute Gasteiger partial charge is 0.123 e. The molecule has 2 heteroatoms. The highest BCUT2D eigenvalue weighted by molar-refractivity contribution is 5.83. The zero-order chi connectivity index (χ0) is 11.7. The Morgan fingerprint density at radius 1 is 1.24 bits per heavy atom. The first-order chi connectivity index (χ1) is 8.33. The van der Waals surface area contributed by atoms with Crippen LogP contribution in [0.3, 0.4) is 0 Å². The Morgan fingerprint density at radius 2 is 2.06 bits per heavy atom. The van der Waals surface area contributed by atoms with E-state index in [0.717, 1.165) is 23.2 Å². The van der Waals surface area contributed by atoms with E-state index in [2.05, 4.69) is 4.98 Å². The molecule has 1 saturated carbocycles. The van der Waals surface area contributed by atoms with E-state index in [0.29, 0.717) is 0 Å². The number of hydrogen-bond acceptors (Lipinski definition) is 0. The van der Waals surface area contributed by atoms with E-state index in [1.807, 2.05) is 12.3 Å². The summed E-state index contributed by atoms with van der Waals surface area (Å²) in [5.41, 5.74) is 2.32. The van der Waals surface area contributed by atoms with Gasteiger partial charge in [-0.3, -0.25) is 0 Å². The van der Waals surface area contributed by atoms with Crippen LogP contribution >= 0.6 is 0 Å². The molecule has 17 heavy (non-hydrogen) atoms. The van der Waals surface area contributed by atoms with Gasteiger partial charge < -0.3 is 4.98 Å². The van der Waals surface area contributed by atoms with Gasteiger partial charge in [0.1, 0.15) is 5.82 Å². The van der Waals surface area contributed by atoms with Crippen molar-refractivity contribution in [2.75, 3.05) is 0 Å². The van der Waals surface area contributed by atoms with Crippen molar-refractivity contribution in [2.45, 2.75) is 38.5 Å². The largest absolute Gasteiger partial charge is 0.361 e. The molecule has 1 aromatic carbocycles. The zero-order valence-electron chi connectivity index (χ0n) is 10.0. The Morgan fingerprint density at radius 3 is 2.88 bits per heavy atom. The van der Waals surface area contributed by atoms with Crippen molar-refractivity contribution in [1.29, 1.82) is 0 Å². The molecule has 3 rings (SSSR count). The van der Waals surface area contributed by atoms with Crippen LogP contribution in [0, 0.1) is 11.7 Å². The van der Waals surface area contributed by atoms with Gasteiger partial charge in [0.25, 0.3) is 0 Å². The lowest BCUT2D eigenvalue weighted by atomic mass is 9.98. The van der Waals surface area contributed by atoms with Gasteiger partial charge >= 0.3 is 0 Å². The number of hydrogen-bond donors (Lipinski definition) is 1. The summed E-state index contributed by atoms with van der Waals surface area (Å²) < 4.78 is 13.2. The minimum atomic E-state index is -0.140. The molecule has 0 amide bonds. The highest BCUT2D eigenvalue weighted by Crippen LogP contribution is 2.30. The van der Waals surface area contributed by atoms with E-state index in [1.54, 1.807) is 6.07 Å². The number of fused-ring (bicyclic) bond motifs is 1. The van der Waals surface area contributed by atoms with Crippen molar-refractivity contribution in [1.82, 2.24) is 4.98 Å². The molecule has 1 aliphatic carbocycles. The van der Waals surface area contributed by atoms with Crippen molar-refractivity contribution < 1.29 is 4.39 Å². The summed E-state index contributed by atoms with van der Waals surface area (Å²) in [4.78, 5) is 3.22. The standard InChI is InChI=1S/C15H18FN/c16-13-7-8-15-14(9-13)12(10-17-15)6-5-11-3-1-2-4-11/h7-11,17H,1-6H2. The van der Waals surface area contributed by atoms with Crippen LogP contribution in [-0.4, -0.2) is 4.98 Å². The molecule has 0 unspecified atom stereocenters. The van der Waals surface area contributed by atoms with Gasteiger partial charge in [0, 0.05) is 17.1 Å². The molecule has 0 saturated heterocycles. The fourth-order valence-corrected chi connectivity index (χ4v) is 3.02. The minimum Gasteiger partial charge on any atom is -0.361 e. The number of halogens is 1. The molecule has 0 atom stereocenters. The predicted molar refractivity (Wildman–Crippen MR) is 68.5 cm³/mol. The summed E-state index contributed by atoms with van der Waals surface area (Å²) in [5.74, 6) is 0.757. The molecule has 1 aromatic heterocycles. The van der Waals surface area contributed by atoms with E-state index in [-0.39, 0.29) is 5.82 Å². The first-order valence-electron chi connectivity index (χ1n) is 6.58. The lowest BCUT2D eigenvalue weighted by molar-refractivity contribution is 0.504. The van der Waals surface area contributed by atoms with Gasteiger partial charge in [-0.05, 0) is 42.5 Å². The lowest BCUT2D eigenvalue weighted by Crippen LogP contribution is -1.95. The predicted octanol–water partition coefficient (Wildman–Crippen LogP) is 4.43. The van der Waals surface area contributed by atoms with Gasteiger partial charge in [0.2, 0.25) is 0 Å². The van der Waals surface area contributed by atoms with E-state index < -0.39 is 0 Å². The zero-order valence-corrected chi connectivity index (χ0v) is 10.0.